The topological polar surface area (TPSA) is 58.3 Å². The van der Waals surface area contributed by atoms with Gasteiger partial charge in [0.15, 0.2) is 0 Å². The highest BCUT2D eigenvalue weighted by molar-refractivity contribution is 4.91. The van der Waals surface area contributed by atoms with Gasteiger partial charge in [0, 0.05) is 13.2 Å². The monoisotopic (exact) mass is 156 g/mol. The van der Waals surface area contributed by atoms with Gasteiger partial charge in [-0.05, 0) is 31.0 Å². The molecule has 0 amide bonds. The number of aliphatic hydroxyl groups is 1. The van der Waals surface area contributed by atoms with E-state index in [1.807, 2.05) is 6.20 Å². The molecule has 11 heavy (non-hydrogen) atoms. The van der Waals surface area contributed by atoms with E-state index in [9.17, 15) is 0 Å². The fourth-order valence-electron chi connectivity index (χ4n) is 1.40. The van der Waals surface area contributed by atoms with Gasteiger partial charge in [-0.1, -0.05) is 6.08 Å². The van der Waals surface area contributed by atoms with Crippen molar-refractivity contribution < 1.29 is 5.11 Å². The first-order chi connectivity index (χ1) is 5.38. The standard InChI is InChI=1S/C8H16N2O/c9-4-8(6-11)7-2-1-3-10-5-7/h1,3,7-8,10-11H,2,4-6,9H2. The van der Waals surface area contributed by atoms with E-state index in [2.05, 4.69) is 11.4 Å². The lowest BCUT2D eigenvalue weighted by molar-refractivity contribution is 0.177. The van der Waals surface area contributed by atoms with Gasteiger partial charge in [-0.25, -0.2) is 0 Å². The Kier molecular flexibility index (Phi) is 3.39. The second-order valence-electron chi connectivity index (χ2n) is 2.98. The fourth-order valence-corrected chi connectivity index (χ4v) is 1.40. The molecule has 2 atom stereocenters. The Morgan fingerprint density at radius 3 is 3.00 bits per heavy atom. The van der Waals surface area contributed by atoms with Gasteiger partial charge < -0.3 is 16.2 Å². The summed E-state index contributed by atoms with van der Waals surface area (Å²) in [4.78, 5) is 0. The quantitative estimate of drug-likeness (QED) is 0.524. The summed E-state index contributed by atoms with van der Waals surface area (Å²) in [5.74, 6) is 0.766. The van der Waals surface area contributed by atoms with Crippen LogP contribution in [-0.4, -0.2) is 24.8 Å². The van der Waals surface area contributed by atoms with Crippen LogP contribution < -0.4 is 11.1 Å². The molecule has 0 aliphatic carbocycles. The molecule has 0 aromatic rings. The average Bonchev–Trinajstić information content (AvgIpc) is 2.09. The van der Waals surface area contributed by atoms with Crippen molar-refractivity contribution in [3.63, 3.8) is 0 Å². The molecule has 1 rings (SSSR count). The fraction of sp³-hybridized carbons (Fsp3) is 0.750. The Hall–Kier alpha value is -0.540. The molecule has 3 heteroatoms. The predicted octanol–water partition coefficient (Wildman–Crippen LogP) is -0.323. The number of nitrogens with one attached hydrogen (secondary N) is 1. The minimum Gasteiger partial charge on any atom is -0.396 e. The maximum atomic E-state index is 8.95. The third-order valence-corrected chi connectivity index (χ3v) is 2.26. The molecule has 0 spiro atoms. The van der Waals surface area contributed by atoms with E-state index in [1.54, 1.807) is 0 Å². The maximum absolute atomic E-state index is 8.95. The van der Waals surface area contributed by atoms with Crippen LogP contribution in [0.4, 0.5) is 0 Å². The predicted molar refractivity (Wildman–Crippen MR) is 44.9 cm³/mol. The maximum Gasteiger partial charge on any atom is 0.0474 e. The lowest BCUT2D eigenvalue weighted by Gasteiger charge is -2.25. The average molecular weight is 156 g/mol. The van der Waals surface area contributed by atoms with Crippen molar-refractivity contribution in [3.8, 4) is 0 Å². The molecule has 3 nitrogen and oxygen atoms in total. The van der Waals surface area contributed by atoms with Gasteiger partial charge in [-0.15, -0.1) is 0 Å². The molecule has 0 aromatic heterocycles. The van der Waals surface area contributed by atoms with E-state index >= 15 is 0 Å². The molecular formula is C8H16N2O. The van der Waals surface area contributed by atoms with Crippen LogP contribution in [0, 0.1) is 11.8 Å². The summed E-state index contributed by atoms with van der Waals surface area (Å²) >= 11 is 0. The van der Waals surface area contributed by atoms with Crippen molar-refractivity contribution in [2.24, 2.45) is 17.6 Å². The van der Waals surface area contributed by atoms with Crippen LogP contribution in [0.25, 0.3) is 0 Å². The molecule has 0 saturated heterocycles. The minimum atomic E-state index is 0.205. The smallest absolute Gasteiger partial charge is 0.0474 e. The first kappa shape index (κ1) is 8.56. The Labute approximate surface area is 67.3 Å². The van der Waals surface area contributed by atoms with E-state index in [-0.39, 0.29) is 12.5 Å². The van der Waals surface area contributed by atoms with Crippen LogP contribution in [0.5, 0.6) is 0 Å². The second-order valence-corrected chi connectivity index (χ2v) is 2.98. The molecule has 0 bridgehead atoms. The number of rotatable bonds is 3. The van der Waals surface area contributed by atoms with Crippen molar-refractivity contribution in [2.45, 2.75) is 6.42 Å². The summed E-state index contributed by atoms with van der Waals surface area (Å²) in [6, 6.07) is 0. The van der Waals surface area contributed by atoms with Crippen LogP contribution >= 0.6 is 0 Å². The lowest BCUT2D eigenvalue weighted by atomic mass is 9.89. The van der Waals surface area contributed by atoms with Gasteiger partial charge in [0.2, 0.25) is 0 Å². The number of allylic oxidation sites excluding steroid dienone is 1. The first-order valence-electron chi connectivity index (χ1n) is 4.07. The number of hydrogen-bond acceptors (Lipinski definition) is 3. The Morgan fingerprint density at radius 2 is 2.55 bits per heavy atom. The molecule has 0 radical (unpaired) electrons. The van der Waals surface area contributed by atoms with Gasteiger partial charge in [-0.3, -0.25) is 0 Å². The number of nitrogens with two attached hydrogens (primary N) is 1. The summed E-state index contributed by atoms with van der Waals surface area (Å²) in [5, 5.41) is 12.1. The Balaban J connectivity index is 2.38. The third-order valence-electron chi connectivity index (χ3n) is 2.26. The highest BCUT2D eigenvalue weighted by atomic mass is 16.3. The van der Waals surface area contributed by atoms with Gasteiger partial charge in [0.05, 0.1) is 0 Å². The van der Waals surface area contributed by atoms with Gasteiger partial charge >= 0.3 is 0 Å². The Morgan fingerprint density at radius 1 is 1.73 bits per heavy atom. The second kappa shape index (κ2) is 4.36. The number of aliphatic hydroxyl groups excluding tert-OH is 1. The van der Waals surface area contributed by atoms with Crippen molar-refractivity contribution >= 4 is 0 Å². The van der Waals surface area contributed by atoms with Crippen LogP contribution in [0.2, 0.25) is 0 Å². The summed E-state index contributed by atoms with van der Waals surface area (Å²) in [7, 11) is 0. The van der Waals surface area contributed by atoms with Gasteiger partial charge in [0.1, 0.15) is 0 Å². The van der Waals surface area contributed by atoms with Crippen LogP contribution in [0.15, 0.2) is 12.3 Å². The molecule has 4 N–H and O–H groups in total. The lowest BCUT2D eigenvalue weighted by Crippen LogP contribution is -2.34. The third kappa shape index (κ3) is 2.20. The molecular weight excluding hydrogens is 140 g/mol. The summed E-state index contributed by atoms with van der Waals surface area (Å²) in [5.41, 5.74) is 5.50. The van der Waals surface area contributed by atoms with E-state index in [0.717, 1.165) is 13.0 Å². The van der Waals surface area contributed by atoms with E-state index in [0.29, 0.717) is 12.5 Å². The van der Waals surface area contributed by atoms with Crippen LogP contribution in [0.3, 0.4) is 0 Å². The molecule has 0 aromatic carbocycles. The molecule has 1 aliphatic rings. The van der Waals surface area contributed by atoms with Gasteiger partial charge in [0.25, 0.3) is 0 Å². The number of hydrogen-bond donors (Lipinski definition) is 3. The molecule has 0 fully saturated rings. The Bertz CT molecular complexity index is 132. The molecule has 0 saturated carbocycles. The van der Waals surface area contributed by atoms with Crippen molar-refractivity contribution in [1.82, 2.24) is 5.32 Å². The van der Waals surface area contributed by atoms with Crippen molar-refractivity contribution in [3.05, 3.63) is 12.3 Å². The summed E-state index contributed by atoms with van der Waals surface area (Å²) in [6.07, 6.45) is 5.09. The van der Waals surface area contributed by atoms with Crippen molar-refractivity contribution in [2.75, 3.05) is 19.7 Å². The summed E-state index contributed by atoms with van der Waals surface area (Å²) < 4.78 is 0. The zero-order valence-electron chi connectivity index (χ0n) is 6.66. The van der Waals surface area contributed by atoms with Crippen LogP contribution in [-0.2, 0) is 0 Å². The molecule has 1 aliphatic heterocycles. The van der Waals surface area contributed by atoms with Crippen LogP contribution in [0.1, 0.15) is 6.42 Å². The largest absolute Gasteiger partial charge is 0.396 e. The molecule has 64 valence electrons. The van der Waals surface area contributed by atoms with Crippen molar-refractivity contribution in [1.29, 1.82) is 0 Å². The molecule has 1 heterocycles. The zero-order chi connectivity index (χ0) is 8.10. The first-order valence-corrected chi connectivity index (χ1v) is 4.07. The molecule has 2 unspecified atom stereocenters. The SMILES string of the molecule is NCC(CO)C1CC=CNC1. The van der Waals surface area contributed by atoms with E-state index in [1.165, 1.54) is 0 Å². The highest BCUT2D eigenvalue weighted by Crippen LogP contribution is 2.16. The van der Waals surface area contributed by atoms with Gasteiger partial charge in [-0.2, -0.15) is 0 Å². The zero-order valence-corrected chi connectivity index (χ0v) is 6.66. The summed E-state index contributed by atoms with van der Waals surface area (Å²) in [6.45, 7) is 1.73. The van der Waals surface area contributed by atoms with E-state index in [4.69, 9.17) is 10.8 Å². The van der Waals surface area contributed by atoms with E-state index < -0.39 is 0 Å². The normalized spacial score (nSPS) is 26.2. The minimum absolute atomic E-state index is 0.205. The highest BCUT2D eigenvalue weighted by Gasteiger charge is 2.19.